The molecule has 0 radical (unpaired) electrons. The second-order valence-electron chi connectivity index (χ2n) is 2.84. The van der Waals surface area contributed by atoms with Crippen molar-refractivity contribution in [2.45, 2.75) is 39.7 Å². The maximum Gasteiger partial charge on any atom is 0.180 e. The third kappa shape index (κ3) is 4.98. The summed E-state index contributed by atoms with van der Waals surface area (Å²) in [6.07, 6.45) is 3.88. The maximum atomic E-state index is 2.54. The quantitative estimate of drug-likeness (QED) is 0.485. The molecular formula is C6H18B3N. The van der Waals surface area contributed by atoms with E-state index in [2.05, 4.69) is 25.4 Å². The topological polar surface area (TPSA) is 3.24 Å². The van der Waals surface area contributed by atoms with Gasteiger partial charge in [0.15, 0.2) is 22.2 Å². The molecule has 0 aliphatic rings. The van der Waals surface area contributed by atoms with Crippen molar-refractivity contribution in [3.8, 4) is 0 Å². The van der Waals surface area contributed by atoms with Gasteiger partial charge in [-0.3, -0.25) is 0 Å². The average molecular weight is 137 g/mol. The SMILES string of the molecule is CCBN(BCC)BCC. The van der Waals surface area contributed by atoms with E-state index >= 15 is 0 Å². The Bertz CT molecular complexity index is 55.7. The van der Waals surface area contributed by atoms with Crippen LogP contribution in [0.15, 0.2) is 0 Å². The summed E-state index contributed by atoms with van der Waals surface area (Å²) in [5.41, 5.74) is 0. The summed E-state index contributed by atoms with van der Waals surface area (Å²) in [6, 6.07) is 0. The van der Waals surface area contributed by atoms with Crippen molar-refractivity contribution in [2.24, 2.45) is 0 Å². The van der Waals surface area contributed by atoms with E-state index in [-0.39, 0.29) is 0 Å². The highest BCUT2D eigenvalue weighted by Gasteiger charge is 2.03. The minimum absolute atomic E-state index is 1.28. The maximum absolute atomic E-state index is 2.54. The first-order valence-corrected chi connectivity index (χ1v) is 4.57. The summed E-state index contributed by atoms with van der Waals surface area (Å²) in [5.74, 6) is 0. The van der Waals surface area contributed by atoms with Crippen molar-refractivity contribution >= 4 is 22.2 Å². The van der Waals surface area contributed by atoms with Gasteiger partial charge in [0.05, 0.1) is 0 Å². The van der Waals surface area contributed by atoms with Crippen molar-refractivity contribution in [3.63, 3.8) is 0 Å². The minimum atomic E-state index is 1.28. The lowest BCUT2D eigenvalue weighted by Gasteiger charge is -2.17. The Morgan fingerprint density at radius 1 is 0.800 bits per heavy atom. The van der Waals surface area contributed by atoms with Gasteiger partial charge < -0.3 is 4.63 Å². The number of hydrogen-bond acceptors (Lipinski definition) is 1. The van der Waals surface area contributed by atoms with Crippen molar-refractivity contribution < 1.29 is 0 Å². The fraction of sp³-hybridized carbons (Fsp3) is 1.00. The van der Waals surface area contributed by atoms with Gasteiger partial charge in [0.25, 0.3) is 0 Å². The second kappa shape index (κ2) is 7.26. The van der Waals surface area contributed by atoms with Gasteiger partial charge >= 0.3 is 0 Å². The fourth-order valence-electron chi connectivity index (χ4n) is 1.28. The Balaban J connectivity index is 3.30. The molecule has 0 spiro atoms. The Labute approximate surface area is 67.4 Å². The molecule has 0 heterocycles. The fourth-order valence-corrected chi connectivity index (χ4v) is 1.28. The lowest BCUT2D eigenvalue weighted by atomic mass is 9.62. The van der Waals surface area contributed by atoms with Crippen LogP contribution >= 0.6 is 0 Å². The van der Waals surface area contributed by atoms with Crippen LogP contribution in [0.4, 0.5) is 0 Å². The Morgan fingerprint density at radius 2 is 1.10 bits per heavy atom. The van der Waals surface area contributed by atoms with Crippen LogP contribution in [0.3, 0.4) is 0 Å². The largest absolute Gasteiger partial charge is 0.436 e. The van der Waals surface area contributed by atoms with Gasteiger partial charge in [-0.15, -0.1) is 0 Å². The van der Waals surface area contributed by atoms with Gasteiger partial charge in [-0.25, -0.2) is 0 Å². The summed E-state index contributed by atoms with van der Waals surface area (Å²) in [7, 11) is 3.84. The molecule has 56 valence electrons. The van der Waals surface area contributed by atoms with Crippen LogP contribution in [0.25, 0.3) is 0 Å². The zero-order valence-corrected chi connectivity index (χ0v) is 7.69. The molecule has 4 heteroatoms. The molecule has 0 saturated carbocycles. The smallest absolute Gasteiger partial charge is 0.180 e. The monoisotopic (exact) mass is 137 g/mol. The number of nitrogens with zero attached hydrogens (tertiary/aromatic N) is 1. The predicted molar refractivity (Wildman–Crippen MR) is 54.7 cm³/mol. The van der Waals surface area contributed by atoms with Gasteiger partial charge in [-0.05, 0) is 0 Å². The second-order valence-corrected chi connectivity index (χ2v) is 2.84. The number of hydrogen-bond donors (Lipinski definition) is 0. The molecule has 0 N–H and O–H groups in total. The van der Waals surface area contributed by atoms with E-state index in [0.29, 0.717) is 0 Å². The molecule has 0 aromatic heterocycles. The molecule has 0 fully saturated rings. The normalized spacial score (nSPS) is 9.60. The van der Waals surface area contributed by atoms with Crippen LogP contribution in [0.2, 0.25) is 19.0 Å². The highest BCUT2D eigenvalue weighted by atomic mass is 14.8. The van der Waals surface area contributed by atoms with Crippen molar-refractivity contribution in [1.82, 2.24) is 4.63 Å². The third-order valence-corrected chi connectivity index (χ3v) is 1.62. The first kappa shape index (κ1) is 10.2. The van der Waals surface area contributed by atoms with E-state index in [1.807, 2.05) is 0 Å². The molecule has 0 aliphatic heterocycles. The average Bonchev–Trinajstić information content (AvgIpc) is 1.90. The van der Waals surface area contributed by atoms with Crippen molar-refractivity contribution in [2.75, 3.05) is 0 Å². The van der Waals surface area contributed by atoms with E-state index in [4.69, 9.17) is 0 Å². The third-order valence-electron chi connectivity index (χ3n) is 1.62. The van der Waals surface area contributed by atoms with Crippen LogP contribution in [-0.4, -0.2) is 26.9 Å². The van der Waals surface area contributed by atoms with Gasteiger partial charge in [0.2, 0.25) is 0 Å². The zero-order chi connectivity index (χ0) is 7.82. The molecule has 0 bridgehead atoms. The molecule has 0 atom stereocenters. The summed E-state index contributed by atoms with van der Waals surface area (Å²) in [6.45, 7) is 6.75. The van der Waals surface area contributed by atoms with E-state index < -0.39 is 0 Å². The molecule has 0 unspecified atom stereocenters. The Hall–Kier alpha value is 0.155. The zero-order valence-electron chi connectivity index (χ0n) is 7.69. The lowest BCUT2D eigenvalue weighted by molar-refractivity contribution is 1.03. The highest BCUT2D eigenvalue weighted by Crippen LogP contribution is 1.89. The minimum Gasteiger partial charge on any atom is -0.436 e. The van der Waals surface area contributed by atoms with Crippen molar-refractivity contribution in [3.05, 3.63) is 0 Å². The van der Waals surface area contributed by atoms with Crippen LogP contribution in [0.5, 0.6) is 0 Å². The Kier molecular flexibility index (Phi) is 7.38. The van der Waals surface area contributed by atoms with Crippen LogP contribution in [-0.2, 0) is 0 Å². The summed E-state index contributed by atoms with van der Waals surface area (Å²) in [5, 5.41) is 0. The lowest BCUT2D eigenvalue weighted by Crippen LogP contribution is -2.33. The first-order valence-electron chi connectivity index (χ1n) is 4.57. The molecule has 0 saturated heterocycles. The van der Waals surface area contributed by atoms with Gasteiger partial charge in [0, 0.05) is 0 Å². The van der Waals surface area contributed by atoms with E-state index in [9.17, 15) is 0 Å². The van der Waals surface area contributed by atoms with Crippen molar-refractivity contribution in [1.29, 1.82) is 0 Å². The van der Waals surface area contributed by atoms with Crippen LogP contribution in [0, 0.1) is 0 Å². The molecule has 0 aromatic carbocycles. The molecular weight excluding hydrogens is 119 g/mol. The molecule has 0 amide bonds. The Morgan fingerprint density at radius 3 is 1.30 bits per heavy atom. The molecule has 10 heavy (non-hydrogen) atoms. The summed E-state index contributed by atoms with van der Waals surface area (Å²) >= 11 is 0. The summed E-state index contributed by atoms with van der Waals surface area (Å²) < 4.78 is 2.54. The predicted octanol–water partition coefficient (Wildman–Crippen LogP) is 0.657. The highest BCUT2D eigenvalue weighted by molar-refractivity contribution is 6.65. The van der Waals surface area contributed by atoms with E-state index in [1.54, 1.807) is 0 Å². The van der Waals surface area contributed by atoms with Gasteiger partial charge in [-0.2, -0.15) is 0 Å². The number of rotatable bonds is 6. The van der Waals surface area contributed by atoms with Gasteiger partial charge in [-0.1, -0.05) is 39.7 Å². The standard InChI is InChI=1S/C6H18B3N/c1-4-7-10(8-5-2)9-6-3/h7-9H,4-6H2,1-3H3. The van der Waals surface area contributed by atoms with Crippen LogP contribution in [0.1, 0.15) is 20.8 Å². The molecule has 0 aromatic rings. The first-order chi connectivity index (χ1) is 4.85. The van der Waals surface area contributed by atoms with E-state index in [0.717, 1.165) is 0 Å². The van der Waals surface area contributed by atoms with E-state index in [1.165, 1.54) is 41.2 Å². The van der Waals surface area contributed by atoms with Gasteiger partial charge in [0.1, 0.15) is 0 Å². The molecule has 0 aliphatic carbocycles. The summed E-state index contributed by atoms with van der Waals surface area (Å²) in [4.78, 5) is 0. The molecule has 1 nitrogen and oxygen atoms in total. The molecule has 0 rings (SSSR count). The van der Waals surface area contributed by atoms with Crippen LogP contribution < -0.4 is 0 Å².